The molecule has 1 atom stereocenters. The first-order valence-corrected chi connectivity index (χ1v) is 7.60. The highest BCUT2D eigenvalue weighted by atomic mass is 79.9. The van der Waals surface area contributed by atoms with Crippen molar-refractivity contribution in [3.05, 3.63) is 62.5 Å². The molecule has 0 radical (unpaired) electrons. The molecule has 21 heavy (non-hydrogen) atoms. The third-order valence-corrected chi connectivity index (χ3v) is 4.63. The molecule has 0 saturated heterocycles. The van der Waals surface area contributed by atoms with E-state index in [9.17, 15) is 9.90 Å². The maximum Gasteiger partial charge on any atom is 0.333 e. The summed E-state index contributed by atoms with van der Waals surface area (Å²) in [6.07, 6.45) is 0. The predicted octanol–water partition coefficient (Wildman–Crippen LogP) is 5.17. The van der Waals surface area contributed by atoms with Crippen LogP contribution < -0.4 is 5.32 Å². The molecule has 0 spiro atoms. The Balaban J connectivity index is 2.40. The van der Waals surface area contributed by atoms with Crippen LogP contribution in [-0.4, -0.2) is 11.1 Å². The Morgan fingerprint density at radius 2 is 1.81 bits per heavy atom. The number of halogens is 3. The van der Waals surface area contributed by atoms with Gasteiger partial charge in [-0.1, -0.05) is 35.3 Å². The second-order valence-corrected chi connectivity index (χ2v) is 6.39. The molecular formula is C15H12BrCl2NO2. The molecule has 110 valence electrons. The highest BCUT2D eigenvalue weighted by molar-refractivity contribution is 9.10. The molecule has 2 aromatic carbocycles. The SMILES string of the molecule is CC(Nc1ccc(Cl)c(Br)c1)(C(=O)O)c1ccc(Cl)cc1. The molecule has 2 N–H and O–H groups in total. The zero-order valence-corrected chi connectivity index (χ0v) is 14.1. The standard InChI is InChI=1S/C15H12BrCl2NO2/c1-15(14(20)21,9-2-4-10(17)5-3-9)19-11-6-7-13(18)12(16)8-11/h2-8,19H,1H3,(H,20,21). The minimum absolute atomic E-state index is 0.556. The van der Waals surface area contributed by atoms with E-state index >= 15 is 0 Å². The summed E-state index contributed by atoms with van der Waals surface area (Å²) in [4.78, 5) is 11.7. The highest BCUT2D eigenvalue weighted by Crippen LogP contribution is 2.31. The lowest BCUT2D eigenvalue weighted by atomic mass is 9.91. The minimum atomic E-state index is -1.28. The van der Waals surface area contributed by atoms with Gasteiger partial charge < -0.3 is 10.4 Å². The number of rotatable bonds is 4. The number of carboxylic acids is 1. The average Bonchev–Trinajstić information content (AvgIpc) is 2.43. The van der Waals surface area contributed by atoms with Crippen molar-refractivity contribution in [1.82, 2.24) is 0 Å². The van der Waals surface area contributed by atoms with Gasteiger partial charge in [-0.15, -0.1) is 0 Å². The summed E-state index contributed by atoms with van der Waals surface area (Å²) in [7, 11) is 0. The number of carbonyl (C=O) groups is 1. The third kappa shape index (κ3) is 3.51. The van der Waals surface area contributed by atoms with Gasteiger partial charge in [-0.3, -0.25) is 0 Å². The van der Waals surface area contributed by atoms with Crippen LogP contribution in [0.5, 0.6) is 0 Å². The van der Waals surface area contributed by atoms with Gasteiger partial charge >= 0.3 is 5.97 Å². The molecule has 0 aromatic heterocycles. The maximum atomic E-state index is 11.7. The predicted molar refractivity (Wildman–Crippen MR) is 89.2 cm³/mol. The molecule has 3 nitrogen and oxygen atoms in total. The molecule has 2 aromatic rings. The first-order chi connectivity index (χ1) is 9.83. The average molecular weight is 389 g/mol. The van der Waals surface area contributed by atoms with Crippen molar-refractivity contribution in [1.29, 1.82) is 0 Å². The van der Waals surface area contributed by atoms with Crippen LogP contribution in [-0.2, 0) is 10.3 Å². The molecule has 0 fully saturated rings. The summed E-state index contributed by atoms with van der Waals surface area (Å²) in [5.41, 5.74) is -0.0331. The van der Waals surface area contributed by atoms with Gasteiger partial charge in [0, 0.05) is 15.2 Å². The second-order valence-electron chi connectivity index (χ2n) is 4.69. The van der Waals surface area contributed by atoms with Crippen molar-refractivity contribution in [2.75, 3.05) is 5.32 Å². The number of anilines is 1. The fourth-order valence-electron chi connectivity index (χ4n) is 1.89. The fourth-order valence-corrected chi connectivity index (χ4v) is 2.52. The summed E-state index contributed by atoms with van der Waals surface area (Å²) in [5, 5.41) is 13.8. The van der Waals surface area contributed by atoms with Crippen molar-refractivity contribution >= 4 is 50.8 Å². The van der Waals surface area contributed by atoms with E-state index in [1.807, 2.05) is 0 Å². The largest absolute Gasteiger partial charge is 0.479 e. The van der Waals surface area contributed by atoms with Gasteiger partial charge in [0.05, 0.1) is 5.02 Å². The Morgan fingerprint density at radius 3 is 2.33 bits per heavy atom. The van der Waals surface area contributed by atoms with Crippen LogP contribution in [0.3, 0.4) is 0 Å². The zero-order valence-electron chi connectivity index (χ0n) is 11.0. The molecule has 0 aliphatic rings. The number of hydrogen-bond donors (Lipinski definition) is 2. The van der Waals surface area contributed by atoms with E-state index in [4.69, 9.17) is 23.2 Å². The first-order valence-electron chi connectivity index (χ1n) is 6.05. The topological polar surface area (TPSA) is 49.3 Å². The Bertz CT molecular complexity index is 676. The molecule has 6 heteroatoms. The lowest BCUT2D eigenvalue weighted by molar-refractivity contribution is -0.142. The van der Waals surface area contributed by atoms with Gasteiger partial charge in [0.25, 0.3) is 0 Å². The number of nitrogens with one attached hydrogen (secondary N) is 1. The second kappa shape index (κ2) is 6.26. The van der Waals surface area contributed by atoms with Crippen molar-refractivity contribution in [3.63, 3.8) is 0 Å². The Labute approximate surface area is 141 Å². The van der Waals surface area contributed by atoms with Crippen LogP contribution in [0, 0.1) is 0 Å². The lowest BCUT2D eigenvalue weighted by Crippen LogP contribution is -2.40. The summed E-state index contributed by atoms with van der Waals surface area (Å²) < 4.78 is 0.693. The van der Waals surface area contributed by atoms with Crippen LogP contribution in [0.4, 0.5) is 5.69 Å². The van der Waals surface area contributed by atoms with Gasteiger partial charge in [0.2, 0.25) is 0 Å². The summed E-state index contributed by atoms with van der Waals surface area (Å²) in [5.74, 6) is -0.990. The van der Waals surface area contributed by atoms with E-state index in [0.29, 0.717) is 25.8 Å². The number of benzene rings is 2. The van der Waals surface area contributed by atoms with Crippen LogP contribution >= 0.6 is 39.1 Å². The molecule has 1 unspecified atom stereocenters. The lowest BCUT2D eigenvalue weighted by Gasteiger charge is -2.28. The number of hydrogen-bond acceptors (Lipinski definition) is 2. The Hall–Kier alpha value is -1.23. The Morgan fingerprint density at radius 1 is 1.19 bits per heavy atom. The fraction of sp³-hybridized carbons (Fsp3) is 0.133. The normalized spacial score (nSPS) is 13.5. The van der Waals surface area contributed by atoms with Crippen molar-refractivity contribution < 1.29 is 9.90 Å². The monoisotopic (exact) mass is 387 g/mol. The molecule has 0 heterocycles. The minimum Gasteiger partial charge on any atom is -0.479 e. The summed E-state index contributed by atoms with van der Waals surface area (Å²) in [6.45, 7) is 1.60. The van der Waals surface area contributed by atoms with Gasteiger partial charge in [-0.25, -0.2) is 4.79 Å². The molecule has 0 saturated carbocycles. The molecule has 0 aliphatic carbocycles. The first kappa shape index (κ1) is 16.1. The van der Waals surface area contributed by atoms with Crippen molar-refractivity contribution in [3.8, 4) is 0 Å². The van der Waals surface area contributed by atoms with E-state index in [-0.39, 0.29) is 0 Å². The number of carboxylic acid groups (broad SMARTS) is 1. The van der Waals surface area contributed by atoms with Crippen LogP contribution in [0.1, 0.15) is 12.5 Å². The van der Waals surface area contributed by atoms with E-state index in [0.717, 1.165) is 0 Å². The van der Waals surface area contributed by atoms with E-state index < -0.39 is 11.5 Å². The van der Waals surface area contributed by atoms with Gasteiger partial charge in [-0.05, 0) is 58.7 Å². The van der Waals surface area contributed by atoms with Crippen molar-refractivity contribution in [2.45, 2.75) is 12.5 Å². The number of aliphatic carboxylic acids is 1. The van der Waals surface area contributed by atoms with Gasteiger partial charge in [0.15, 0.2) is 5.54 Å². The van der Waals surface area contributed by atoms with Crippen molar-refractivity contribution in [2.24, 2.45) is 0 Å². The smallest absolute Gasteiger partial charge is 0.333 e. The van der Waals surface area contributed by atoms with Crippen LogP contribution in [0.2, 0.25) is 10.0 Å². The third-order valence-electron chi connectivity index (χ3n) is 3.16. The molecule has 0 aliphatic heterocycles. The van der Waals surface area contributed by atoms with Gasteiger partial charge in [0.1, 0.15) is 0 Å². The van der Waals surface area contributed by atoms with E-state index in [1.165, 1.54) is 0 Å². The zero-order chi connectivity index (χ0) is 15.6. The highest BCUT2D eigenvalue weighted by Gasteiger charge is 2.35. The Kier molecular flexibility index (Phi) is 4.81. The van der Waals surface area contributed by atoms with E-state index in [1.54, 1.807) is 49.4 Å². The molecular weight excluding hydrogens is 377 g/mol. The van der Waals surface area contributed by atoms with E-state index in [2.05, 4.69) is 21.2 Å². The van der Waals surface area contributed by atoms with Crippen LogP contribution in [0.25, 0.3) is 0 Å². The summed E-state index contributed by atoms with van der Waals surface area (Å²) in [6, 6.07) is 11.9. The molecule has 0 amide bonds. The quantitative estimate of drug-likeness (QED) is 0.759. The van der Waals surface area contributed by atoms with Crippen LogP contribution in [0.15, 0.2) is 46.9 Å². The molecule has 0 bridgehead atoms. The summed E-state index contributed by atoms with van der Waals surface area (Å²) >= 11 is 15.1. The molecule has 2 rings (SSSR count). The van der Waals surface area contributed by atoms with Gasteiger partial charge in [-0.2, -0.15) is 0 Å². The maximum absolute atomic E-state index is 11.7.